The van der Waals surface area contributed by atoms with Crippen LogP contribution in [-0.2, 0) is 16.6 Å². The molecule has 2 aromatic rings. The molecule has 2 rings (SSSR count). The topological polar surface area (TPSA) is 64.0 Å². The molecule has 5 nitrogen and oxygen atoms in total. The minimum atomic E-state index is -3.48. The molecule has 0 fully saturated rings. The molecule has 0 aromatic carbocycles. The molecule has 92 valence electrons. The van der Waals surface area contributed by atoms with Crippen LogP contribution in [0.2, 0.25) is 4.47 Å². The van der Waals surface area contributed by atoms with E-state index in [0.717, 1.165) is 11.3 Å². The Labute approximate surface area is 108 Å². The molecule has 0 aliphatic carbocycles. The Morgan fingerprint density at radius 2 is 2.12 bits per heavy atom. The average Bonchev–Trinajstić information content (AvgIpc) is 2.89. The third kappa shape index (κ3) is 3.29. The lowest BCUT2D eigenvalue weighted by Crippen LogP contribution is -2.26. The van der Waals surface area contributed by atoms with Gasteiger partial charge in [0.15, 0.2) is 8.68 Å². The van der Waals surface area contributed by atoms with Crippen LogP contribution in [0.3, 0.4) is 0 Å². The van der Waals surface area contributed by atoms with E-state index in [2.05, 4.69) is 9.71 Å². The maximum absolute atomic E-state index is 11.8. The fraction of sp³-hybridized carbons (Fsp3) is 0.222. The van der Waals surface area contributed by atoms with E-state index in [0.29, 0.717) is 13.1 Å². The molecule has 0 unspecified atom stereocenters. The second kappa shape index (κ2) is 5.18. The fourth-order valence-corrected chi connectivity index (χ4v) is 3.62. The van der Waals surface area contributed by atoms with E-state index in [-0.39, 0.29) is 8.68 Å². The lowest BCUT2D eigenvalue weighted by atomic mass is 10.6. The van der Waals surface area contributed by atoms with Gasteiger partial charge in [0, 0.05) is 25.5 Å². The standard InChI is InChI=1S/C9H10ClN3O2S2/c10-9-11-7-8(16-9)17(14,15)12-3-6-13-4-1-2-5-13/h1-2,4-5,7,12H,3,6H2. The zero-order valence-electron chi connectivity index (χ0n) is 8.71. The zero-order chi connectivity index (χ0) is 12.3. The average molecular weight is 292 g/mol. The van der Waals surface area contributed by atoms with Crippen molar-refractivity contribution in [2.75, 3.05) is 6.54 Å². The van der Waals surface area contributed by atoms with Crippen LogP contribution in [0, 0.1) is 0 Å². The van der Waals surface area contributed by atoms with Gasteiger partial charge in [0.2, 0.25) is 0 Å². The van der Waals surface area contributed by atoms with Crippen LogP contribution in [0.25, 0.3) is 0 Å². The van der Waals surface area contributed by atoms with Crippen molar-refractivity contribution in [2.24, 2.45) is 0 Å². The number of nitrogens with one attached hydrogen (secondary N) is 1. The van der Waals surface area contributed by atoms with Gasteiger partial charge in [-0.1, -0.05) is 22.9 Å². The van der Waals surface area contributed by atoms with Crippen molar-refractivity contribution in [1.29, 1.82) is 0 Å². The Morgan fingerprint density at radius 3 is 2.71 bits per heavy atom. The first-order valence-electron chi connectivity index (χ1n) is 4.80. The van der Waals surface area contributed by atoms with Crippen LogP contribution in [0.15, 0.2) is 34.9 Å². The molecule has 1 N–H and O–H groups in total. The highest BCUT2D eigenvalue weighted by Gasteiger charge is 2.16. The largest absolute Gasteiger partial charge is 0.353 e. The molecule has 8 heteroatoms. The molecule has 0 amide bonds. The highest BCUT2D eigenvalue weighted by atomic mass is 35.5. The number of hydrogen-bond donors (Lipinski definition) is 1. The van der Waals surface area contributed by atoms with Gasteiger partial charge in [-0.25, -0.2) is 18.1 Å². The molecule has 0 aliphatic rings. The number of nitrogens with zero attached hydrogens (tertiary/aromatic N) is 2. The summed E-state index contributed by atoms with van der Waals surface area (Å²) in [6.07, 6.45) is 5.00. The van der Waals surface area contributed by atoms with Crippen molar-refractivity contribution in [3.05, 3.63) is 35.2 Å². The van der Waals surface area contributed by atoms with Gasteiger partial charge < -0.3 is 4.57 Å². The molecular formula is C9H10ClN3O2S2. The predicted molar refractivity (Wildman–Crippen MR) is 66.7 cm³/mol. The minimum absolute atomic E-state index is 0.134. The van der Waals surface area contributed by atoms with Gasteiger partial charge >= 0.3 is 0 Å². The summed E-state index contributed by atoms with van der Waals surface area (Å²) in [6, 6.07) is 3.77. The Kier molecular flexibility index (Phi) is 3.82. The van der Waals surface area contributed by atoms with Crippen molar-refractivity contribution in [3.8, 4) is 0 Å². The summed E-state index contributed by atoms with van der Waals surface area (Å²) in [5.41, 5.74) is 0. The first kappa shape index (κ1) is 12.6. The van der Waals surface area contributed by atoms with E-state index in [1.165, 1.54) is 6.20 Å². The van der Waals surface area contributed by atoms with Crippen molar-refractivity contribution < 1.29 is 8.42 Å². The summed E-state index contributed by atoms with van der Waals surface area (Å²) >= 11 is 6.53. The van der Waals surface area contributed by atoms with Crippen molar-refractivity contribution in [1.82, 2.24) is 14.3 Å². The van der Waals surface area contributed by atoms with E-state index < -0.39 is 10.0 Å². The van der Waals surface area contributed by atoms with Gasteiger partial charge in [-0.3, -0.25) is 0 Å². The fourth-order valence-electron chi connectivity index (χ4n) is 1.26. The molecule has 0 radical (unpaired) electrons. The summed E-state index contributed by atoms with van der Waals surface area (Å²) in [7, 11) is -3.48. The first-order valence-corrected chi connectivity index (χ1v) is 7.47. The van der Waals surface area contributed by atoms with Gasteiger partial charge in [0.05, 0.1) is 6.20 Å². The zero-order valence-corrected chi connectivity index (χ0v) is 11.1. The summed E-state index contributed by atoms with van der Waals surface area (Å²) < 4.78 is 28.3. The normalized spacial score (nSPS) is 11.8. The Hall–Kier alpha value is -0.890. The molecule has 0 spiro atoms. The molecular weight excluding hydrogens is 282 g/mol. The number of halogens is 1. The van der Waals surface area contributed by atoms with Gasteiger partial charge in [0.1, 0.15) is 0 Å². The highest BCUT2D eigenvalue weighted by molar-refractivity contribution is 7.91. The summed E-state index contributed by atoms with van der Waals surface area (Å²) in [6.45, 7) is 0.908. The van der Waals surface area contributed by atoms with E-state index in [1.54, 1.807) is 0 Å². The van der Waals surface area contributed by atoms with Gasteiger partial charge in [-0.15, -0.1) is 0 Å². The van der Waals surface area contributed by atoms with E-state index in [4.69, 9.17) is 11.6 Å². The predicted octanol–water partition coefficient (Wildman–Crippen LogP) is 1.58. The number of aromatic nitrogens is 2. The van der Waals surface area contributed by atoms with Crippen molar-refractivity contribution in [3.63, 3.8) is 0 Å². The van der Waals surface area contributed by atoms with Crippen molar-refractivity contribution in [2.45, 2.75) is 10.8 Å². The SMILES string of the molecule is O=S(=O)(NCCn1cccc1)c1cnc(Cl)s1. The highest BCUT2D eigenvalue weighted by Crippen LogP contribution is 2.21. The van der Waals surface area contributed by atoms with Crippen LogP contribution in [0.4, 0.5) is 0 Å². The molecule has 2 aromatic heterocycles. The van der Waals surface area contributed by atoms with E-state index in [1.807, 2.05) is 29.1 Å². The second-order valence-corrected chi connectivity index (χ2v) is 6.86. The lowest BCUT2D eigenvalue weighted by molar-refractivity contribution is 0.575. The smallest absolute Gasteiger partial charge is 0.251 e. The van der Waals surface area contributed by atoms with Crippen LogP contribution in [-0.4, -0.2) is 24.5 Å². The number of sulfonamides is 1. The molecule has 0 bridgehead atoms. The van der Waals surface area contributed by atoms with Crippen LogP contribution in [0.1, 0.15) is 0 Å². The van der Waals surface area contributed by atoms with Crippen molar-refractivity contribution >= 4 is 33.0 Å². The molecule has 2 heterocycles. The van der Waals surface area contributed by atoms with Crippen LogP contribution >= 0.6 is 22.9 Å². The second-order valence-electron chi connectivity index (χ2n) is 3.25. The third-order valence-electron chi connectivity index (χ3n) is 2.05. The minimum Gasteiger partial charge on any atom is -0.353 e. The number of thiazole rings is 1. The molecule has 17 heavy (non-hydrogen) atoms. The summed E-state index contributed by atoms with van der Waals surface area (Å²) in [5.74, 6) is 0. The lowest BCUT2D eigenvalue weighted by Gasteiger charge is -2.05. The maximum Gasteiger partial charge on any atom is 0.251 e. The maximum atomic E-state index is 11.8. The molecule has 0 saturated heterocycles. The molecule has 0 saturated carbocycles. The van der Waals surface area contributed by atoms with Gasteiger partial charge in [0.25, 0.3) is 10.0 Å². The number of rotatable bonds is 5. The van der Waals surface area contributed by atoms with Crippen LogP contribution < -0.4 is 4.72 Å². The summed E-state index contributed by atoms with van der Waals surface area (Å²) in [5, 5.41) is 0. The first-order chi connectivity index (χ1) is 8.08. The van der Waals surface area contributed by atoms with Gasteiger partial charge in [-0.2, -0.15) is 0 Å². The third-order valence-corrected chi connectivity index (χ3v) is 5.09. The summed E-state index contributed by atoms with van der Waals surface area (Å²) in [4.78, 5) is 3.70. The molecule has 0 aliphatic heterocycles. The Balaban J connectivity index is 1.94. The van der Waals surface area contributed by atoms with E-state index in [9.17, 15) is 8.42 Å². The molecule has 0 atom stereocenters. The Morgan fingerprint density at radius 1 is 1.41 bits per heavy atom. The quantitative estimate of drug-likeness (QED) is 0.909. The number of hydrogen-bond acceptors (Lipinski definition) is 4. The van der Waals surface area contributed by atoms with Gasteiger partial charge in [-0.05, 0) is 12.1 Å². The van der Waals surface area contributed by atoms with Crippen LogP contribution in [0.5, 0.6) is 0 Å². The monoisotopic (exact) mass is 291 g/mol. The van der Waals surface area contributed by atoms with E-state index >= 15 is 0 Å². The Bertz CT molecular complexity index is 577.